The van der Waals surface area contributed by atoms with Crippen molar-refractivity contribution in [2.45, 2.75) is 13.5 Å². The first-order chi connectivity index (χ1) is 12.9. The minimum Gasteiger partial charge on any atom is -0.508 e. The van der Waals surface area contributed by atoms with E-state index < -0.39 is 5.91 Å². The van der Waals surface area contributed by atoms with Gasteiger partial charge in [-0.3, -0.25) is 4.79 Å². The molecule has 0 atom stereocenters. The molecular weight excluding hydrogens is 371 g/mol. The van der Waals surface area contributed by atoms with Crippen molar-refractivity contribution in [3.8, 4) is 5.75 Å². The van der Waals surface area contributed by atoms with Gasteiger partial charge in [-0.2, -0.15) is 10.2 Å². The molecular formula is C19H16ClFN4O2. The Morgan fingerprint density at radius 1 is 1.26 bits per heavy atom. The molecule has 3 rings (SSSR count). The van der Waals surface area contributed by atoms with E-state index >= 15 is 0 Å². The number of phenols is 1. The van der Waals surface area contributed by atoms with E-state index in [0.29, 0.717) is 28.5 Å². The first-order valence-electron chi connectivity index (χ1n) is 8.04. The summed E-state index contributed by atoms with van der Waals surface area (Å²) < 4.78 is 14.6. The normalized spacial score (nSPS) is 11.1. The lowest BCUT2D eigenvalue weighted by molar-refractivity contribution is 0.0955. The molecule has 0 fully saturated rings. The highest BCUT2D eigenvalue weighted by atomic mass is 35.5. The number of hydrazone groups is 1. The van der Waals surface area contributed by atoms with Gasteiger partial charge in [0.15, 0.2) is 0 Å². The van der Waals surface area contributed by atoms with Crippen LogP contribution in [0.3, 0.4) is 0 Å². The molecule has 6 nitrogen and oxygen atoms in total. The van der Waals surface area contributed by atoms with Crippen LogP contribution in [-0.2, 0) is 6.54 Å². The molecule has 0 saturated carbocycles. The molecule has 0 unspecified atom stereocenters. The first-order valence-corrected chi connectivity index (χ1v) is 8.41. The Bertz CT molecular complexity index is 982. The highest BCUT2D eigenvalue weighted by Gasteiger charge is 2.12. The van der Waals surface area contributed by atoms with Crippen LogP contribution in [0.1, 0.15) is 27.2 Å². The summed E-state index contributed by atoms with van der Waals surface area (Å²) in [6.45, 7) is 2.16. The van der Waals surface area contributed by atoms with Gasteiger partial charge >= 0.3 is 0 Å². The zero-order valence-corrected chi connectivity index (χ0v) is 15.1. The van der Waals surface area contributed by atoms with Crippen LogP contribution in [0.4, 0.5) is 4.39 Å². The second-order valence-electron chi connectivity index (χ2n) is 5.82. The molecule has 27 heavy (non-hydrogen) atoms. The van der Waals surface area contributed by atoms with Crippen molar-refractivity contribution in [3.63, 3.8) is 0 Å². The van der Waals surface area contributed by atoms with Gasteiger partial charge in [-0.15, -0.1) is 0 Å². The van der Waals surface area contributed by atoms with Gasteiger partial charge in [0.1, 0.15) is 16.7 Å². The third-order valence-electron chi connectivity index (χ3n) is 3.84. The number of halogens is 2. The maximum atomic E-state index is 13.0. The fourth-order valence-electron chi connectivity index (χ4n) is 2.41. The van der Waals surface area contributed by atoms with E-state index in [2.05, 4.69) is 15.6 Å². The molecule has 3 aromatic rings. The predicted octanol–water partition coefficient (Wildman–Crippen LogP) is 3.50. The van der Waals surface area contributed by atoms with E-state index in [4.69, 9.17) is 11.6 Å². The number of benzene rings is 2. The largest absolute Gasteiger partial charge is 0.508 e. The van der Waals surface area contributed by atoms with E-state index in [1.54, 1.807) is 23.7 Å². The molecule has 1 amide bonds. The predicted molar refractivity (Wildman–Crippen MR) is 101 cm³/mol. The van der Waals surface area contributed by atoms with Crippen molar-refractivity contribution in [2.75, 3.05) is 0 Å². The summed E-state index contributed by atoms with van der Waals surface area (Å²) in [6, 6.07) is 11.9. The number of rotatable bonds is 5. The number of aryl methyl sites for hydroxylation is 1. The molecule has 0 saturated heterocycles. The highest BCUT2D eigenvalue weighted by molar-refractivity contribution is 6.32. The Hall–Kier alpha value is -3.19. The van der Waals surface area contributed by atoms with E-state index in [-0.39, 0.29) is 11.6 Å². The Labute approximate surface area is 159 Å². The molecule has 0 bridgehead atoms. The summed E-state index contributed by atoms with van der Waals surface area (Å²) in [7, 11) is 0. The summed E-state index contributed by atoms with van der Waals surface area (Å²) in [5.74, 6) is -0.650. The number of carbonyl (C=O) groups is 1. The van der Waals surface area contributed by atoms with Crippen LogP contribution >= 0.6 is 11.6 Å². The lowest BCUT2D eigenvalue weighted by Crippen LogP contribution is -2.17. The van der Waals surface area contributed by atoms with Gasteiger partial charge in [-0.1, -0.05) is 23.7 Å². The van der Waals surface area contributed by atoms with E-state index in [0.717, 1.165) is 5.56 Å². The second kappa shape index (κ2) is 8.01. The minimum absolute atomic E-state index is 0.0750. The lowest BCUT2D eigenvalue weighted by Gasteiger charge is -2.03. The third-order valence-corrected chi connectivity index (χ3v) is 4.24. The quantitative estimate of drug-likeness (QED) is 0.520. The van der Waals surface area contributed by atoms with Crippen molar-refractivity contribution < 1.29 is 14.3 Å². The van der Waals surface area contributed by atoms with Gasteiger partial charge in [0.2, 0.25) is 0 Å². The maximum absolute atomic E-state index is 13.0. The number of nitrogens with zero attached hydrogens (tertiary/aromatic N) is 3. The molecule has 2 aromatic carbocycles. The molecule has 1 aromatic heterocycles. The molecule has 0 aliphatic rings. The number of hydrogen-bond acceptors (Lipinski definition) is 4. The zero-order chi connectivity index (χ0) is 19.4. The van der Waals surface area contributed by atoms with Gasteiger partial charge in [0.05, 0.1) is 24.0 Å². The van der Waals surface area contributed by atoms with Crippen LogP contribution in [0.5, 0.6) is 5.75 Å². The number of nitrogens with one attached hydrogen (secondary N) is 1. The van der Waals surface area contributed by atoms with E-state index in [1.165, 1.54) is 42.6 Å². The second-order valence-corrected chi connectivity index (χ2v) is 6.18. The van der Waals surface area contributed by atoms with Gasteiger partial charge in [0.25, 0.3) is 5.91 Å². The average Bonchev–Trinajstić information content (AvgIpc) is 2.91. The van der Waals surface area contributed by atoms with Crippen LogP contribution < -0.4 is 5.43 Å². The standard InChI is InChI=1S/C19H16ClFN4O2/c1-12-17(10-22-23-19(27)14-4-8-16(26)9-5-14)18(20)25(24-12)11-13-2-6-15(21)7-3-13/h2-10,26H,11H2,1H3,(H,23,27)/b22-10-. The summed E-state index contributed by atoms with van der Waals surface area (Å²) in [4.78, 5) is 12.0. The lowest BCUT2D eigenvalue weighted by atomic mass is 10.2. The Kier molecular flexibility index (Phi) is 5.52. The van der Waals surface area contributed by atoms with E-state index in [9.17, 15) is 14.3 Å². The number of carbonyl (C=O) groups excluding carboxylic acids is 1. The number of aromatic nitrogens is 2. The Morgan fingerprint density at radius 2 is 1.93 bits per heavy atom. The fourth-order valence-corrected chi connectivity index (χ4v) is 2.70. The van der Waals surface area contributed by atoms with Gasteiger partial charge in [-0.25, -0.2) is 14.5 Å². The zero-order valence-electron chi connectivity index (χ0n) is 14.4. The molecule has 0 aliphatic heterocycles. The van der Waals surface area contributed by atoms with Crippen molar-refractivity contribution in [1.82, 2.24) is 15.2 Å². The maximum Gasteiger partial charge on any atom is 0.271 e. The van der Waals surface area contributed by atoms with Crippen molar-refractivity contribution in [1.29, 1.82) is 0 Å². The summed E-state index contributed by atoms with van der Waals surface area (Å²) in [5.41, 5.74) is 4.83. The Morgan fingerprint density at radius 3 is 2.59 bits per heavy atom. The summed E-state index contributed by atoms with van der Waals surface area (Å²) >= 11 is 6.36. The van der Waals surface area contributed by atoms with Crippen molar-refractivity contribution in [3.05, 3.63) is 81.9 Å². The monoisotopic (exact) mass is 386 g/mol. The smallest absolute Gasteiger partial charge is 0.271 e. The van der Waals surface area contributed by atoms with Crippen LogP contribution in [0.15, 0.2) is 53.6 Å². The van der Waals surface area contributed by atoms with Gasteiger partial charge < -0.3 is 5.11 Å². The highest BCUT2D eigenvalue weighted by Crippen LogP contribution is 2.19. The van der Waals surface area contributed by atoms with Crippen molar-refractivity contribution >= 4 is 23.7 Å². The van der Waals surface area contributed by atoms with Crippen LogP contribution in [0, 0.1) is 12.7 Å². The number of hydrogen-bond donors (Lipinski definition) is 2. The molecule has 0 aliphatic carbocycles. The molecule has 1 heterocycles. The van der Waals surface area contributed by atoms with Gasteiger partial charge in [-0.05, 0) is 48.9 Å². The van der Waals surface area contributed by atoms with Crippen LogP contribution in [0.25, 0.3) is 0 Å². The van der Waals surface area contributed by atoms with Crippen LogP contribution in [-0.4, -0.2) is 27.0 Å². The first kappa shape index (κ1) is 18.6. The molecule has 0 radical (unpaired) electrons. The number of amides is 1. The fraction of sp³-hybridized carbons (Fsp3) is 0.105. The van der Waals surface area contributed by atoms with E-state index in [1.807, 2.05) is 0 Å². The summed E-state index contributed by atoms with van der Waals surface area (Å²) in [6.07, 6.45) is 1.42. The molecule has 0 spiro atoms. The Balaban J connectivity index is 1.70. The minimum atomic E-state index is -0.418. The number of aromatic hydroxyl groups is 1. The number of phenolic OH excluding ortho intramolecular Hbond substituents is 1. The molecule has 2 N–H and O–H groups in total. The third kappa shape index (κ3) is 4.51. The summed E-state index contributed by atoms with van der Waals surface area (Å²) in [5, 5.41) is 17.9. The topological polar surface area (TPSA) is 79.5 Å². The molecule has 138 valence electrons. The van der Waals surface area contributed by atoms with Gasteiger partial charge in [0, 0.05) is 5.56 Å². The average molecular weight is 387 g/mol. The SMILES string of the molecule is Cc1nn(Cc2ccc(F)cc2)c(Cl)c1/C=N\NC(=O)c1ccc(O)cc1. The molecule has 8 heteroatoms. The van der Waals surface area contributed by atoms with Crippen LogP contribution in [0.2, 0.25) is 5.15 Å². The van der Waals surface area contributed by atoms with Crippen molar-refractivity contribution in [2.24, 2.45) is 5.10 Å².